The highest BCUT2D eigenvalue weighted by Gasteiger charge is 2.27. The maximum atomic E-state index is 12.7. The molecular weight excluding hydrogens is 348 g/mol. The number of nitrogens with zero attached hydrogens (tertiary/aromatic N) is 1. The number of furan rings is 1. The van der Waals surface area contributed by atoms with Crippen LogP contribution in [0.3, 0.4) is 0 Å². The lowest BCUT2D eigenvalue weighted by Gasteiger charge is -2.26. The van der Waals surface area contributed by atoms with Gasteiger partial charge in [0.15, 0.2) is 0 Å². The van der Waals surface area contributed by atoms with Crippen LogP contribution < -0.4 is 4.72 Å². The minimum atomic E-state index is -3.54. The third-order valence-electron chi connectivity index (χ3n) is 5.29. The van der Waals surface area contributed by atoms with Gasteiger partial charge in [-0.15, -0.1) is 0 Å². The van der Waals surface area contributed by atoms with Crippen LogP contribution in [0.4, 0.5) is 0 Å². The molecule has 1 aromatic carbocycles. The molecule has 1 fully saturated rings. The van der Waals surface area contributed by atoms with E-state index in [1.165, 1.54) is 0 Å². The molecule has 5 nitrogen and oxygen atoms in total. The highest BCUT2D eigenvalue weighted by molar-refractivity contribution is 7.89. The first-order valence-electron chi connectivity index (χ1n) is 9.38. The van der Waals surface area contributed by atoms with Gasteiger partial charge in [0, 0.05) is 6.54 Å². The van der Waals surface area contributed by atoms with Gasteiger partial charge in [-0.1, -0.05) is 26.0 Å². The zero-order valence-electron chi connectivity index (χ0n) is 15.5. The Morgan fingerprint density at radius 3 is 2.42 bits per heavy atom. The second-order valence-electron chi connectivity index (χ2n) is 7.00. The summed E-state index contributed by atoms with van der Waals surface area (Å²) in [4.78, 5) is 2.59. The van der Waals surface area contributed by atoms with Crippen molar-refractivity contribution in [3.8, 4) is 0 Å². The van der Waals surface area contributed by atoms with Crippen molar-refractivity contribution in [2.24, 2.45) is 0 Å². The number of hydrogen-bond acceptors (Lipinski definition) is 4. The van der Waals surface area contributed by atoms with Crippen LogP contribution in [0.5, 0.6) is 0 Å². The molecule has 0 aliphatic carbocycles. The molecule has 142 valence electrons. The summed E-state index contributed by atoms with van der Waals surface area (Å²) in [7, 11) is -3.54. The predicted molar refractivity (Wildman–Crippen MR) is 103 cm³/mol. The molecule has 1 saturated heterocycles. The first-order valence-corrected chi connectivity index (χ1v) is 10.9. The fourth-order valence-corrected chi connectivity index (χ4v) is 4.47. The van der Waals surface area contributed by atoms with Crippen molar-refractivity contribution in [3.05, 3.63) is 54.0 Å². The van der Waals surface area contributed by atoms with Gasteiger partial charge in [0.05, 0.1) is 17.2 Å². The smallest absolute Gasteiger partial charge is 0.240 e. The Balaban J connectivity index is 1.71. The van der Waals surface area contributed by atoms with Gasteiger partial charge < -0.3 is 4.42 Å². The van der Waals surface area contributed by atoms with Crippen molar-refractivity contribution >= 4 is 10.0 Å². The Morgan fingerprint density at radius 1 is 1.15 bits per heavy atom. The van der Waals surface area contributed by atoms with E-state index in [2.05, 4.69) is 23.5 Å². The second-order valence-corrected chi connectivity index (χ2v) is 8.77. The normalized spacial score (nSPS) is 18.1. The number of rotatable bonds is 8. The Labute approximate surface area is 156 Å². The van der Waals surface area contributed by atoms with Crippen LogP contribution in [-0.4, -0.2) is 33.0 Å². The van der Waals surface area contributed by atoms with E-state index in [-0.39, 0.29) is 6.04 Å². The van der Waals surface area contributed by atoms with Gasteiger partial charge >= 0.3 is 0 Å². The van der Waals surface area contributed by atoms with Crippen molar-refractivity contribution in [1.29, 1.82) is 0 Å². The van der Waals surface area contributed by atoms with Gasteiger partial charge in [0.2, 0.25) is 10.0 Å². The quantitative estimate of drug-likeness (QED) is 0.759. The molecule has 2 heterocycles. The zero-order chi connectivity index (χ0) is 18.6. The molecule has 2 aromatic rings. The molecule has 3 rings (SSSR count). The fourth-order valence-electron chi connectivity index (χ4n) is 3.43. The van der Waals surface area contributed by atoms with Gasteiger partial charge in [-0.25, -0.2) is 13.1 Å². The van der Waals surface area contributed by atoms with E-state index in [0.29, 0.717) is 17.4 Å². The molecule has 0 spiro atoms. The number of nitrogens with one attached hydrogen (secondary N) is 1. The topological polar surface area (TPSA) is 62.6 Å². The summed E-state index contributed by atoms with van der Waals surface area (Å²) in [5, 5.41) is 0. The van der Waals surface area contributed by atoms with Crippen LogP contribution in [0.25, 0.3) is 0 Å². The Bertz CT molecular complexity index is 779. The minimum Gasteiger partial charge on any atom is -0.468 e. The molecule has 1 aliphatic heterocycles. The lowest BCUT2D eigenvalue weighted by Crippen LogP contribution is -2.36. The average Bonchev–Trinajstić information content (AvgIpc) is 3.36. The molecule has 6 heteroatoms. The van der Waals surface area contributed by atoms with Gasteiger partial charge in [-0.2, -0.15) is 0 Å². The molecule has 1 N–H and O–H groups in total. The molecule has 2 unspecified atom stereocenters. The van der Waals surface area contributed by atoms with Crippen LogP contribution >= 0.6 is 0 Å². The van der Waals surface area contributed by atoms with Crippen molar-refractivity contribution in [1.82, 2.24) is 9.62 Å². The molecular formula is C20H28N2O3S. The third-order valence-corrected chi connectivity index (χ3v) is 6.73. The first kappa shape index (κ1) is 19.1. The summed E-state index contributed by atoms with van der Waals surface area (Å²) < 4.78 is 33.8. The fraction of sp³-hybridized carbons (Fsp3) is 0.500. The highest BCUT2D eigenvalue weighted by atomic mass is 32.2. The monoisotopic (exact) mass is 376 g/mol. The van der Waals surface area contributed by atoms with Gasteiger partial charge in [-0.3, -0.25) is 4.90 Å². The van der Waals surface area contributed by atoms with Crippen LogP contribution in [0.15, 0.2) is 52.0 Å². The molecule has 0 amide bonds. The predicted octanol–water partition coefficient (Wildman–Crippen LogP) is 3.91. The summed E-state index contributed by atoms with van der Waals surface area (Å²) in [6, 6.07) is 10.9. The van der Waals surface area contributed by atoms with Crippen molar-refractivity contribution in [2.45, 2.75) is 50.0 Å². The van der Waals surface area contributed by atoms with Crippen LogP contribution in [-0.2, 0) is 10.0 Å². The van der Waals surface area contributed by atoms with Crippen LogP contribution in [0.2, 0.25) is 0 Å². The van der Waals surface area contributed by atoms with Crippen LogP contribution in [0, 0.1) is 0 Å². The lowest BCUT2D eigenvalue weighted by molar-refractivity contribution is 0.216. The lowest BCUT2D eigenvalue weighted by atomic mass is 9.99. The first-order chi connectivity index (χ1) is 12.5. The largest absolute Gasteiger partial charge is 0.468 e. The average molecular weight is 377 g/mol. The van der Waals surface area contributed by atoms with Gasteiger partial charge in [0.1, 0.15) is 5.76 Å². The number of likely N-dealkylation sites (tertiary alicyclic amines) is 1. The summed E-state index contributed by atoms with van der Waals surface area (Å²) >= 11 is 0. The maximum Gasteiger partial charge on any atom is 0.240 e. The Morgan fingerprint density at radius 2 is 1.85 bits per heavy atom. The molecule has 26 heavy (non-hydrogen) atoms. The number of benzene rings is 1. The Hall–Kier alpha value is -1.63. The Kier molecular flexibility index (Phi) is 6.16. The highest BCUT2D eigenvalue weighted by Crippen LogP contribution is 2.26. The van der Waals surface area contributed by atoms with Crippen LogP contribution in [0.1, 0.15) is 56.4 Å². The van der Waals surface area contributed by atoms with E-state index in [0.717, 1.165) is 43.7 Å². The minimum absolute atomic E-state index is 0.0679. The SMILES string of the molecule is CCC(C)c1ccc(S(=O)(=O)NCC(c2ccco2)N2CCCC2)cc1. The third kappa shape index (κ3) is 4.37. The second kappa shape index (κ2) is 8.37. The van der Waals surface area contributed by atoms with E-state index < -0.39 is 10.0 Å². The number of sulfonamides is 1. The summed E-state index contributed by atoms with van der Waals surface area (Å²) in [6.45, 7) is 6.52. The van der Waals surface area contributed by atoms with Crippen molar-refractivity contribution in [3.63, 3.8) is 0 Å². The summed E-state index contributed by atoms with van der Waals surface area (Å²) in [5.41, 5.74) is 1.16. The number of hydrogen-bond donors (Lipinski definition) is 1. The van der Waals surface area contributed by atoms with E-state index in [1.807, 2.05) is 24.3 Å². The van der Waals surface area contributed by atoms with Gasteiger partial charge in [-0.05, 0) is 68.1 Å². The summed E-state index contributed by atoms with van der Waals surface area (Å²) in [5.74, 6) is 1.24. The molecule has 1 aromatic heterocycles. The molecule has 2 atom stereocenters. The van der Waals surface area contributed by atoms with E-state index in [1.54, 1.807) is 18.4 Å². The molecule has 0 saturated carbocycles. The van der Waals surface area contributed by atoms with Crippen molar-refractivity contribution < 1.29 is 12.8 Å². The van der Waals surface area contributed by atoms with Gasteiger partial charge in [0.25, 0.3) is 0 Å². The molecule has 1 aliphatic rings. The standard InChI is InChI=1S/C20H28N2O3S/c1-3-16(2)17-8-10-18(11-9-17)26(23,24)21-15-19(20-7-6-14-25-20)22-12-4-5-13-22/h6-11,14,16,19,21H,3-5,12-13,15H2,1-2H3. The summed E-state index contributed by atoms with van der Waals surface area (Å²) in [6.07, 6.45) is 4.95. The zero-order valence-corrected chi connectivity index (χ0v) is 16.3. The van der Waals surface area contributed by atoms with Crippen molar-refractivity contribution in [2.75, 3.05) is 19.6 Å². The van der Waals surface area contributed by atoms with E-state index >= 15 is 0 Å². The molecule has 0 radical (unpaired) electrons. The molecule has 0 bridgehead atoms. The maximum absolute atomic E-state index is 12.7. The van der Waals surface area contributed by atoms with E-state index in [9.17, 15) is 8.42 Å². The van der Waals surface area contributed by atoms with E-state index in [4.69, 9.17) is 4.42 Å².